The standard InChI is InChI=1S/C19H24N6O3/c1-27-17-15(3-2-5-20-17)18(26)24-9-7-23(8-10-24)16-4-6-21-19(22-16)25-11-13-28-14-12-25/h2-6H,7-14H2,1H3. The molecule has 2 aromatic heterocycles. The maximum absolute atomic E-state index is 12.8. The third-order valence-electron chi connectivity index (χ3n) is 5.01. The van der Waals surface area contributed by atoms with Crippen LogP contribution in [0.4, 0.5) is 11.8 Å². The smallest absolute Gasteiger partial charge is 0.259 e. The van der Waals surface area contributed by atoms with Crippen molar-refractivity contribution in [3.05, 3.63) is 36.2 Å². The van der Waals surface area contributed by atoms with E-state index in [4.69, 9.17) is 14.5 Å². The monoisotopic (exact) mass is 384 g/mol. The fourth-order valence-corrected chi connectivity index (χ4v) is 3.46. The summed E-state index contributed by atoms with van der Waals surface area (Å²) in [6.07, 6.45) is 3.42. The lowest BCUT2D eigenvalue weighted by Gasteiger charge is -2.36. The van der Waals surface area contributed by atoms with Crippen molar-refractivity contribution < 1.29 is 14.3 Å². The van der Waals surface area contributed by atoms with Gasteiger partial charge in [0.25, 0.3) is 5.91 Å². The molecule has 2 saturated heterocycles. The molecule has 0 saturated carbocycles. The number of carbonyl (C=O) groups excluding carboxylic acids is 1. The van der Waals surface area contributed by atoms with E-state index in [9.17, 15) is 4.79 Å². The Bertz CT molecular complexity index is 819. The van der Waals surface area contributed by atoms with Crippen LogP contribution in [0.3, 0.4) is 0 Å². The molecule has 0 aromatic carbocycles. The molecule has 9 nitrogen and oxygen atoms in total. The van der Waals surface area contributed by atoms with Crippen LogP contribution in [0.25, 0.3) is 0 Å². The highest BCUT2D eigenvalue weighted by molar-refractivity contribution is 5.96. The van der Waals surface area contributed by atoms with E-state index < -0.39 is 0 Å². The van der Waals surface area contributed by atoms with Crippen molar-refractivity contribution in [2.75, 3.05) is 69.4 Å². The number of pyridine rings is 1. The lowest BCUT2D eigenvalue weighted by molar-refractivity contribution is 0.0742. The number of hydrogen-bond acceptors (Lipinski definition) is 8. The number of methoxy groups -OCH3 is 1. The maximum Gasteiger partial charge on any atom is 0.259 e. The van der Waals surface area contributed by atoms with Crippen molar-refractivity contribution in [1.29, 1.82) is 0 Å². The first-order valence-electron chi connectivity index (χ1n) is 9.45. The van der Waals surface area contributed by atoms with E-state index >= 15 is 0 Å². The van der Waals surface area contributed by atoms with Gasteiger partial charge in [-0.15, -0.1) is 0 Å². The quantitative estimate of drug-likeness (QED) is 0.761. The van der Waals surface area contributed by atoms with Crippen LogP contribution in [0.15, 0.2) is 30.6 Å². The number of nitrogens with zero attached hydrogens (tertiary/aromatic N) is 6. The average molecular weight is 384 g/mol. The summed E-state index contributed by atoms with van der Waals surface area (Å²) in [5, 5.41) is 0. The van der Waals surface area contributed by atoms with Gasteiger partial charge in [-0.3, -0.25) is 4.79 Å². The summed E-state index contributed by atoms with van der Waals surface area (Å²) in [6.45, 7) is 5.68. The Morgan fingerprint density at radius 2 is 1.79 bits per heavy atom. The van der Waals surface area contributed by atoms with Gasteiger partial charge in [0.15, 0.2) is 0 Å². The number of amides is 1. The zero-order chi connectivity index (χ0) is 19.3. The lowest BCUT2D eigenvalue weighted by Crippen LogP contribution is -2.49. The second-order valence-corrected chi connectivity index (χ2v) is 6.65. The van der Waals surface area contributed by atoms with Crippen molar-refractivity contribution in [3.8, 4) is 5.88 Å². The number of aromatic nitrogens is 3. The average Bonchev–Trinajstić information content (AvgIpc) is 2.79. The summed E-state index contributed by atoms with van der Waals surface area (Å²) in [4.78, 5) is 32.2. The zero-order valence-electron chi connectivity index (χ0n) is 16.0. The largest absolute Gasteiger partial charge is 0.480 e. The summed E-state index contributed by atoms with van der Waals surface area (Å²) >= 11 is 0. The van der Waals surface area contributed by atoms with E-state index in [1.807, 2.05) is 11.0 Å². The minimum atomic E-state index is -0.0544. The van der Waals surface area contributed by atoms with E-state index in [1.165, 1.54) is 7.11 Å². The van der Waals surface area contributed by atoms with Crippen LogP contribution in [0.1, 0.15) is 10.4 Å². The normalized spacial score (nSPS) is 17.5. The molecule has 0 bridgehead atoms. The van der Waals surface area contributed by atoms with Crippen LogP contribution in [0, 0.1) is 0 Å². The Morgan fingerprint density at radius 3 is 2.54 bits per heavy atom. The van der Waals surface area contributed by atoms with Gasteiger partial charge in [-0.1, -0.05) is 0 Å². The first kappa shape index (κ1) is 18.4. The predicted octanol–water partition coefficient (Wildman–Crippen LogP) is 0.679. The molecule has 9 heteroatoms. The Kier molecular flexibility index (Phi) is 5.52. The van der Waals surface area contributed by atoms with Crippen LogP contribution in [-0.2, 0) is 4.74 Å². The fraction of sp³-hybridized carbons (Fsp3) is 0.474. The lowest BCUT2D eigenvalue weighted by atomic mass is 10.2. The molecular formula is C19H24N6O3. The third-order valence-corrected chi connectivity index (χ3v) is 5.01. The Labute approximate surface area is 163 Å². The van der Waals surface area contributed by atoms with Gasteiger partial charge in [0.1, 0.15) is 11.4 Å². The van der Waals surface area contributed by atoms with E-state index in [1.54, 1.807) is 24.5 Å². The highest BCUT2D eigenvalue weighted by atomic mass is 16.5. The molecule has 1 amide bonds. The zero-order valence-corrected chi connectivity index (χ0v) is 16.0. The van der Waals surface area contributed by atoms with Gasteiger partial charge in [-0.2, -0.15) is 4.98 Å². The molecule has 2 aliphatic rings. The Morgan fingerprint density at radius 1 is 1.00 bits per heavy atom. The molecule has 4 rings (SSSR count). The van der Waals surface area contributed by atoms with Gasteiger partial charge < -0.3 is 24.2 Å². The molecule has 148 valence electrons. The van der Waals surface area contributed by atoms with E-state index in [2.05, 4.69) is 19.8 Å². The van der Waals surface area contributed by atoms with Crippen molar-refractivity contribution in [3.63, 3.8) is 0 Å². The number of anilines is 2. The number of carbonyl (C=O) groups is 1. The molecule has 2 aliphatic heterocycles. The molecule has 2 aromatic rings. The Hall–Kier alpha value is -2.94. The minimum Gasteiger partial charge on any atom is -0.480 e. The van der Waals surface area contributed by atoms with Gasteiger partial charge >= 0.3 is 0 Å². The highest BCUT2D eigenvalue weighted by Gasteiger charge is 2.25. The van der Waals surface area contributed by atoms with Gasteiger partial charge in [-0.25, -0.2) is 9.97 Å². The van der Waals surface area contributed by atoms with Crippen molar-refractivity contribution >= 4 is 17.7 Å². The van der Waals surface area contributed by atoms with Crippen LogP contribution < -0.4 is 14.5 Å². The molecule has 0 N–H and O–H groups in total. The number of rotatable bonds is 4. The second-order valence-electron chi connectivity index (χ2n) is 6.65. The molecular weight excluding hydrogens is 360 g/mol. The van der Waals surface area contributed by atoms with Gasteiger partial charge in [0, 0.05) is 51.7 Å². The number of ether oxygens (including phenoxy) is 2. The van der Waals surface area contributed by atoms with Crippen LogP contribution in [-0.4, -0.2) is 85.4 Å². The summed E-state index contributed by atoms with van der Waals surface area (Å²) in [5.74, 6) is 1.93. The SMILES string of the molecule is COc1ncccc1C(=O)N1CCN(c2ccnc(N3CCOCC3)n2)CC1. The van der Waals surface area contributed by atoms with Crippen LogP contribution in [0.2, 0.25) is 0 Å². The van der Waals surface area contributed by atoms with Crippen molar-refractivity contribution in [1.82, 2.24) is 19.9 Å². The number of hydrogen-bond donors (Lipinski definition) is 0. The number of morpholine rings is 1. The van der Waals surface area contributed by atoms with Gasteiger partial charge in [0.05, 0.1) is 20.3 Å². The van der Waals surface area contributed by atoms with E-state index in [0.717, 1.165) is 24.9 Å². The van der Waals surface area contributed by atoms with E-state index in [-0.39, 0.29) is 5.91 Å². The first-order chi connectivity index (χ1) is 13.8. The van der Waals surface area contributed by atoms with Crippen LogP contribution in [0.5, 0.6) is 5.88 Å². The third kappa shape index (κ3) is 3.84. The van der Waals surface area contributed by atoms with Gasteiger partial charge in [0.2, 0.25) is 11.8 Å². The van der Waals surface area contributed by atoms with E-state index in [0.29, 0.717) is 50.8 Å². The van der Waals surface area contributed by atoms with Gasteiger partial charge in [-0.05, 0) is 18.2 Å². The fourth-order valence-electron chi connectivity index (χ4n) is 3.46. The second kappa shape index (κ2) is 8.39. The summed E-state index contributed by atoms with van der Waals surface area (Å²) < 4.78 is 10.6. The predicted molar refractivity (Wildman–Crippen MR) is 104 cm³/mol. The van der Waals surface area contributed by atoms with Crippen LogP contribution >= 0.6 is 0 Å². The number of piperazine rings is 1. The molecule has 0 aliphatic carbocycles. The molecule has 28 heavy (non-hydrogen) atoms. The molecule has 0 radical (unpaired) electrons. The summed E-state index contributed by atoms with van der Waals surface area (Å²) in [7, 11) is 1.53. The van der Waals surface area contributed by atoms with Crippen molar-refractivity contribution in [2.24, 2.45) is 0 Å². The molecule has 0 spiro atoms. The molecule has 4 heterocycles. The molecule has 0 atom stereocenters. The molecule has 0 unspecified atom stereocenters. The summed E-state index contributed by atoms with van der Waals surface area (Å²) in [5.41, 5.74) is 0.495. The summed E-state index contributed by atoms with van der Waals surface area (Å²) in [6, 6.07) is 5.42. The van der Waals surface area contributed by atoms with Crippen molar-refractivity contribution in [2.45, 2.75) is 0 Å². The minimum absolute atomic E-state index is 0.0544. The first-order valence-corrected chi connectivity index (χ1v) is 9.45. The topological polar surface area (TPSA) is 83.9 Å². The molecule has 2 fully saturated rings. The highest BCUT2D eigenvalue weighted by Crippen LogP contribution is 2.20. The Balaban J connectivity index is 1.41. The maximum atomic E-state index is 12.8.